The van der Waals surface area contributed by atoms with Gasteiger partial charge in [0, 0.05) is 11.3 Å². The number of carboxylic acids is 1. The molecule has 4 nitrogen and oxygen atoms in total. The maximum Gasteiger partial charge on any atom is 0.339 e. The smallest absolute Gasteiger partial charge is 0.339 e. The number of anilines is 1. The van der Waals surface area contributed by atoms with Crippen molar-refractivity contribution in [2.45, 2.75) is 33.1 Å². The molecule has 1 aromatic heterocycles. The molecule has 0 aliphatic carbocycles. The number of hydrogen-bond acceptors (Lipinski definition) is 4. The lowest BCUT2D eigenvalue weighted by atomic mass is 10.1. The van der Waals surface area contributed by atoms with E-state index in [0.717, 1.165) is 22.6 Å². The van der Waals surface area contributed by atoms with E-state index in [-0.39, 0.29) is 11.5 Å². The summed E-state index contributed by atoms with van der Waals surface area (Å²) in [5.74, 6) is -0.149. The number of aryl methyl sites for hydroxylation is 1. The highest BCUT2D eigenvalue weighted by Crippen LogP contribution is 2.33. The lowest BCUT2D eigenvalue weighted by Crippen LogP contribution is -2.13. The molecule has 0 fully saturated rings. The van der Waals surface area contributed by atoms with E-state index in [0.29, 0.717) is 17.8 Å². The van der Waals surface area contributed by atoms with Gasteiger partial charge in [-0.25, -0.2) is 4.79 Å². The molecule has 106 valence electrons. The standard InChI is InChI=1S/C13H19NO3S2/c1-4-9-8(2)19-12(11(9)13(16)17)14-10(15)6-5-7-18-3/h4-7H2,1-3H3,(H,14,15)(H,16,17). The van der Waals surface area contributed by atoms with Gasteiger partial charge >= 0.3 is 5.97 Å². The first-order valence-corrected chi connectivity index (χ1v) is 8.36. The minimum atomic E-state index is -0.972. The summed E-state index contributed by atoms with van der Waals surface area (Å²) in [6.07, 6.45) is 3.89. The average molecular weight is 301 g/mol. The average Bonchev–Trinajstić information content (AvgIpc) is 2.65. The molecular weight excluding hydrogens is 282 g/mol. The normalized spacial score (nSPS) is 10.5. The fourth-order valence-electron chi connectivity index (χ4n) is 1.88. The van der Waals surface area contributed by atoms with E-state index in [1.807, 2.05) is 20.1 Å². The molecule has 0 aromatic carbocycles. The van der Waals surface area contributed by atoms with Crippen molar-refractivity contribution in [3.8, 4) is 0 Å². The van der Waals surface area contributed by atoms with E-state index in [1.54, 1.807) is 11.8 Å². The quantitative estimate of drug-likeness (QED) is 0.758. The lowest BCUT2D eigenvalue weighted by molar-refractivity contribution is -0.116. The van der Waals surface area contributed by atoms with Gasteiger partial charge in [0.05, 0.1) is 5.56 Å². The summed E-state index contributed by atoms with van der Waals surface area (Å²) >= 11 is 3.04. The maximum absolute atomic E-state index is 11.8. The summed E-state index contributed by atoms with van der Waals surface area (Å²) in [7, 11) is 0. The summed E-state index contributed by atoms with van der Waals surface area (Å²) < 4.78 is 0. The molecule has 2 N–H and O–H groups in total. The number of carbonyl (C=O) groups excluding carboxylic acids is 1. The van der Waals surface area contributed by atoms with Gasteiger partial charge in [0.1, 0.15) is 5.00 Å². The van der Waals surface area contributed by atoms with E-state index < -0.39 is 5.97 Å². The maximum atomic E-state index is 11.8. The van der Waals surface area contributed by atoms with E-state index in [2.05, 4.69) is 5.32 Å². The monoisotopic (exact) mass is 301 g/mol. The van der Waals surface area contributed by atoms with Crippen molar-refractivity contribution in [3.63, 3.8) is 0 Å². The first-order valence-electron chi connectivity index (χ1n) is 6.15. The second-order valence-corrected chi connectivity index (χ2v) is 6.35. The van der Waals surface area contributed by atoms with Crippen molar-refractivity contribution < 1.29 is 14.7 Å². The van der Waals surface area contributed by atoms with Crippen LogP contribution < -0.4 is 5.32 Å². The Morgan fingerprint density at radius 2 is 2.11 bits per heavy atom. The highest BCUT2D eigenvalue weighted by Gasteiger charge is 2.21. The van der Waals surface area contributed by atoms with Gasteiger partial charge in [0.25, 0.3) is 0 Å². The lowest BCUT2D eigenvalue weighted by Gasteiger charge is -2.04. The van der Waals surface area contributed by atoms with Crippen LogP contribution in [0, 0.1) is 6.92 Å². The van der Waals surface area contributed by atoms with Crippen LogP contribution in [-0.4, -0.2) is 29.0 Å². The Kier molecular flexibility index (Phi) is 6.37. The van der Waals surface area contributed by atoms with Crippen LogP contribution in [0.25, 0.3) is 0 Å². The van der Waals surface area contributed by atoms with E-state index in [4.69, 9.17) is 0 Å². The SMILES string of the molecule is CCc1c(C)sc(NC(=O)CCCSC)c1C(=O)O. The van der Waals surface area contributed by atoms with Crippen molar-refractivity contribution in [1.29, 1.82) is 0 Å². The molecule has 1 heterocycles. The third-order valence-electron chi connectivity index (χ3n) is 2.78. The van der Waals surface area contributed by atoms with Crippen molar-refractivity contribution in [2.75, 3.05) is 17.3 Å². The number of rotatable bonds is 7. The molecule has 19 heavy (non-hydrogen) atoms. The van der Waals surface area contributed by atoms with Crippen LogP contribution in [0.2, 0.25) is 0 Å². The number of nitrogens with one attached hydrogen (secondary N) is 1. The zero-order valence-electron chi connectivity index (χ0n) is 11.4. The number of hydrogen-bond donors (Lipinski definition) is 2. The zero-order chi connectivity index (χ0) is 14.4. The summed E-state index contributed by atoms with van der Waals surface area (Å²) in [6, 6.07) is 0. The summed E-state index contributed by atoms with van der Waals surface area (Å²) in [6.45, 7) is 3.81. The van der Waals surface area contributed by atoms with Crippen LogP contribution >= 0.6 is 23.1 Å². The van der Waals surface area contributed by atoms with Crippen LogP contribution in [0.4, 0.5) is 5.00 Å². The van der Waals surface area contributed by atoms with Crippen molar-refractivity contribution in [1.82, 2.24) is 0 Å². The number of thioether (sulfide) groups is 1. The van der Waals surface area contributed by atoms with E-state index in [1.165, 1.54) is 11.3 Å². The molecule has 0 spiro atoms. The minimum Gasteiger partial charge on any atom is -0.478 e. The predicted octanol–water partition coefficient (Wildman–Crippen LogP) is 3.40. The Balaban J connectivity index is 2.83. The van der Waals surface area contributed by atoms with Crippen LogP contribution in [0.3, 0.4) is 0 Å². The van der Waals surface area contributed by atoms with Gasteiger partial charge in [-0.2, -0.15) is 11.8 Å². The van der Waals surface area contributed by atoms with Gasteiger partial charge in [-0.3, -0.25) is 4.79 Å². The molecule has 0 saturated carbocycles. The Hall–Kier alpha value is -1.01. The van der Waals surface area contributed by atoms with Crippen LogP contribution in [0.1, 0.15) is 40.6 Å². The van der Waals surface area contributed by atoms with Gasteiger partial charge in [0.15, 0.2) is 0 Å². The first kappa shape index (κ1) is 16.0. The van der Waals surface area contributed by atoms with Crippen LogP contribution in [-0.2, 0) is 11.2 Å². The fraction of sp³-hybridized carbons (Fsp3) is 0.538. The topological polar surface area (TPSA) is 66.4 Å². The molecule has 1 rings (SSSR count). The van der Waals surface area contributed by atoms with Crippen molar-refractivity contribution in [3.05, 3.63) is 16.0 Å². The number of carbonyl (C=O) groups is 2. The highest BCUT2D eigenvalue weighted by molar-refractivity contribution is 7.98. The molecule has 0 atom stereocenters. The van der Waals surface area contributed by atoms with Crippen LogP contribution in [0.15, 0.2) is 0 Å². The number of carboxylic acid groups (broad SMARTS) is 1. The molecule has 6 heteroatoms. The largest absolute Gasteiger partial charge is 0.478 e. The fourth-order valence-corrected chi connectivity index (χ4v) is 3.47. The predicted molar refractivity (Wildman–Crippen MR) is 81.6 cm³/mol. The number of aromatic carboxylic acids is 1. The van der Waals surface area contributed by atoms with Gasteiger partial charge in [-0.05, 0) is 37.3 Å². The summed E-state index contributed by atoms with van der Waals surface area (Å²) in [4.78, 5) is 24.0. The zero-order valence-corrected chi connectivity index (χ0v) is 13.0. The second-order valence-electron chi connectivity index (χ2n) is 4.14. The van der Waals surface area contributed by atoms with Gasteiger partial charge < -0.3 is 10.4 Å². The third-order valence-corrected chi connectivity index (χ3v) is 4.54. The number of thiophene rings is 1. The summed E-state index contributed by atoms with van der Waals surface area (Å²) in [5, 5.41) is 12.5. The summed E-state index contributed by atoms with van der Waals surface area (Å²) in [5.41, 5.74) is 1.07. The molecule has 0 radical (unpaired) electrons. The van der Waals surface area contributed by atoms with Gasteiger partial charge in [0.2, 0.25) is 5.91 Å². The second kappa shape index (κ2) is 7.55. The molecule has 0 saturated heterocycles. The third kappa shape index (κ3) is 4.24. The van der Waals surface area contributed by atoms with Gasteiger partial charge in [-0.15, -0.1) is 11.3 Å². The molecular formula is C13H19NO3S2. The number of amides is 1. The Morgan fingerprint density at radius 1 is 1.42 bits per heavy atom. The Morgan fingerprint density at radius 3 is 2.63 bits per heavy atom. The van der Waals surface area contributed by atoms with Crippen molar-refractivity contribution in [2.24, 2.45) is 0 Å². The van der Waals surface area contributed by atoms with E-state index >= 15 is 0 Å². The molecule has 0 aliphatic rings. The van der Waals surface area contributed by atoms with Crippen molar-refractivity contribution >= 4 is 40.0 Å². The minimum absolute atomic E-state index is 0.111. The molecule has 1 amide bonds. The molecule has 0 unspecified atom stereocenters. The van der Waals surface area contributed by atoms with E-state index in [9.17, 15) is 14.7 Å². The molecule has 0 bridgehead atoms. The van der Waals surface area contributed by atoms with Crippen LogP contribution in [0.5, 0.6) is 0 Å². The highest BCUT2D eigenvalue weighted by atomic mass is 32.2. The Bertz CT molecular complexity index is 469. The Labute approximate surface area is 121 Å². The molecule has 1 aromatic rings. The van der Waals surface area contributed by atoms with Gasteiger partial charge in [-0.1, -0.05) is 6.92 Å². The first-order chi connectivity index (χ1) is 9.01. The molecule has 0 aliphatic heterocycles.